The summed E-state index contributed by atoms with van der Waals surface area (Å²) in [6.45, 7) is 1.61. The van der Waals surface area contributed by atoms with Gasteiger partial charge in [-0.2, -0.15) is 0 Å². The Morgan fingerprint density at radius 2 is 1.83 bits per heavy atom. The van der Waals surface area contributed by atoms with Gasteiger partial charge < -0.3 is 14.0 Å². The molecule has 9 heteroatoms. The van der Waals surface area contributed by atoms with Gasteiger partial charge in [0.15, 0.2) is 12.2 Å². The molecule has 3 aromatic rings. The lowest BCUT2D eigenvalue weighted by atomic mass is 10.1. The fourth-order valence-corrected chi connectivity index (χ4v) is 3.15. The third kappa shape index (κ3) is 4.70. The average Bonchev–Trinajstić information content (AvgIpc) is 3.09. The van der Waals surface area contributed by atoms with E-state index in [1.807, 2.05) is 19.1 Å². The van der Waals surface area contributed by atoms with E-state index in [0.29, 0.717) is 5.75 Å². The van der Waals surface area contributed by atoms with Crippen molar-refractivity contribution in [2.75, 3.05) is 19.0 Å². The first-order chi connectivity index (χ1) is 13.9. The number of amides is 1. The number of halogens is 2. The van der Waals surface area contributed by atoms with Crippen LogP contribution in [-0.2, 0) is 9.53 Å². The molecule has 3 rings (SSSR count). The van der Waals surface area contributed by atoms with E-state index in [0.717, 1.165) is 5.56 Å². The maximum atomic E-state index is 12.3. The number of nitrogens with one attached hydrogen (secondary N) is 1. The molecule has 1 heterocycles. The van der Waals surface area contributed by atoms with Crippen molar-refractivity contribution in [3.05, 3.63) is 63.6 Å². The molecule has 150 valence electrons. The van der Waals surface area contributed by atoms with E-state index in [4.69, 9.17) is 37.2 Å². The summed E-state index contributed by atoms with van der Waals surface area (Å²) >= 11 is 12.4. The molecule has 0 saturated carbocycles. The van der Waals surface area contributed by atoms with Crippen LogP contribution >= 0.6 is 23.2 Å². The Bertz CT molecular complexity index is 1040. The van der Waals surface area contributed by atoms with E-state index in [1.165, 1.54) is 7.11 Å². The van der Waals surface area contributed by atoms with Crippen molar-refractivity contribution >= 4 is 41.0 Å². The third-order valence-electron chi connectivity index (χ3n) is 3.89. The van der Waals surface area contributed by atoms with E-state index in [1.54, 1.807) is 30.3 Å². The van der Waals surface area contributed by atoms with E-state index < -0.39 is 11.9 Å². The van der Waals surface area contributed by atoms with E-state index in [-0.39, 0.29) is 39.4 Å². The standard InChI is InChI=1S/C20H16Cl2N2O5/c1-11-5-3-6-12(9-11)28-10-15(25)23-19-17(20(26)27-2)18(24-29-19)16-13(21)7-4-8-14(16)22/h3-9H,10H2,1-2H3,(H,23,25). The van der Waals surface area contributed by atoms with Crippen LogP contribution in [0.5, 0.6) is 5.75 Å². The lowest BCUT2D eigenvalue weighted by Gasteiger charge is -2.08. The molecule has 1 amide bonds. The number of benzene rings is 2. The molecule has 1 aromatic heterocycles. The lowest BCUT2D eigenvalue weighted by molar-refractivity contribution is -0.118. The molecule has 0 atom stereocenters. The number of hydrogen-bond acceptors (Lipinski definition) is 6. The summed E-state index contributed by atoms with van der Waals surface area (Å²) in [4.78, 5) is 24.6. The molecule has 0 saturated heterocycles. The molecular formula is C20H16Cl2N2O5. The van der Waals surface area contributed by atoms with E-state index in [2.05, 4.69) is 10.5 Å². The second-order valence-electron chi connectivity index (χ2n) is 5.98. The second kappa shape index (κ2) is 8.98. The smallest absolute Gasteiger partial charge is 0.345 e. The van der Waals surface area contributed by atoms with Gasteiger partial charge >= 0.3 is 5.97 Å². The fourth-order valence-electron chi connectivity index (χ4n) is 2.58. The van der Waals surface area contributed by atoms with Crippen LogP contribution in [0, 0.1) is 6.92 Å². The zero-order valence-corrected chi connectivity index (χ0v) is 17.0. The lowest BCUT2D eigenvalue weighted by Crippen LogP contribution is -2.21. The summed E-state index contributed by atoms with van der Waals surface area (Å²) in [6, 6.07) is 12.1. The first-order valence-corrected chi connectivity index (χ1v) is 9.18. The van der Waals surface area contributed by atoms with Crippen LogP contribution < -0.4 is 10.1 Å². The van der Waals surface area contributed by atoms with E-state index >= 15 is 0 Å². The van der Waals surface area contributed by atoms with Gasteiger partial charge in [0.1, 0.15) is 11.4 Å². The molecule has 0 aliphatic carbocycles. The topological polar surface area (TPSA) is 90.7 Å². The van der Waals surface area contributed by atoms with Gasteiger partial charge in [0.25, 0.3) is 5.91 Å². The Hall–Kier alpha value is -3.03. The highest BCUT2D eigenvalue weighted by molar-refractivity contribution is 6.39. The van der Waals surface area contributed by atoms with Crippen molar-refractivity contribution in [2.24, 2.45) is 0 Å². The van der Waals surface area contributed by atoms with Gasteiger partial charge in [-0.3, -0.25) is 10.1 Å². The van der Waals surface area contributed by atoms with Gasteiger partial charge in [-0.1, -0.05) is 46.6 Å². The predicted octanol–water partition coefficient (Wildman–Crippen LogP) is 4.76. The highest BCUT2D eigenvalue weighted by atomic mass is 35.5. The van der Waals surface area contributed by atoms with Gasteiger partial charge in [0.05, 0.1) is 17.2 Å². The first kappa shape index (κ1) is 20.7. The van der Waals surface area contributed by atoms with Crippen molar-refractivity contribution in [1.82, 2.24) is 5.16 Å². The normalized spacial score (nSPS) is 10.5. The van der Waals surface area contributed by atoms with Crippen molar-refractivity contribution < 1.29 is 23.6 Å². The summed E-state index contributed by atoms with van der Waals surface area (Å²) in [7, 11) is 1.19. The van der Waals surface area contributed by atoms with E-state index in [9.17, 15) is 9.59 Å². The maximum absolute atomic E-state index is 12.3. The Labute approximate surface area is 176 Å². The Kier molecular flexibility index (Phi) is 6.41. The van der Waals surface area contributed by atoms with Crippen LogP contribution in [0.2, 0.25) is 10.0 Å². The molecule has 0 radical (unpaired) electrons. The largest absolute Gasteiger partial charge is 0.484 e. The number of nitrogens with zero attached hydrogens (tertiary/aromatic N) is 1. The summed E-state index contributed by atoms with van der Waals surface area (Å²) in [6.07, 6.45) is 0. The first-order valence-electron chi connectivity index (χ1n) is 8.42. The van der Waals surface area contributed by atoms with Crippen molar-refractivity contribution in [1.29, 1.82) is 0 Å². The number of anilines is 1. The fraction of sp³-hybridized carbons (Fsp3) is 0.150. The minimum absolute atomic E-state index is 0.0577. The number of carbonyl (C=O) groups excluding carboxylic acids is 2. The molecule has 1 N–H and O–H groups in total. The summed E-state index contributed by atoms with van der Waals surface area (Å²) in [5, 5.41) is 6.84. The van der Waals surface area contributed by atoms with Gasteiger partial charge in [-0.15, -0.1) is 0 Å². The van der Waals surface area contributed by atoms with Crippen molar-refractivity contribution in [2.45, 2.75) is 6.92 Å². The minimum Gasteiger partial charge on any atom is -0.484 e. The quantitative estimate of drug-likeness (QED) is 0.562. The molecule has 0 aliphatic rings. The Morgan fingerprint density at radius 3 is 2.48 bits per heavy atom. The predicted molar refractivity (Wildman–Crippen MR) is 109 cm³/mol. The SMILES string of the molecule is COC(=O)c1c(-c2c(Cl)cccc2Cl)noc1NC(=O)COc1cccc(C)c1. The summed E-state index contributed by atoms with van der Waals surface area (Å²) in [5.41, 5.74) is 1.23. The monoisotopic (exact) mass is 434 g/mol. The van der Waals surface area contributed by atoms with Gasteiger partial charge in [-0.05, 0) is 36.8 Å². The Morgan fingerprint density at radius 1 is 1.14 bits per heavy atom. The second-order valence-corrected chi connectivity index (χ2v) is 6.79. The van der Waals surface area contributed by atoms with Gasteiger partial charge in [0, 0.05) is 5.56 Å². The van der Waals surface area contributed by atoms with Crippen molar-refractivity contribution in [3.63, 3.8) is 0 Å². The maximum Gasteiger partial charge on any atom is 0.345 e. The molecule has 0 bridgehead atoms. The number of esters is 1. The zero-order chi connectivity index (χ0) is 21.0. The summed E-state index contributed by atoms with van der Waals surface area (Å²) in [5.74, 6) is -0.980. The van der Waals surface area contributed by atoms with Crippen LogP contribution in [-0.4, -0.2) is 30.7 Å². The average molecular weight is 435 g/mol. The van der Waals surface area contributed by atoms with Crippen LogP contribution in [0.25, 0.3) is 11.3 Å². The van der Waals surface area contributed by atoms with Crippen molar-refractivity contribution in [3.8, 4) is 17.0 Å². The number of carbonyl (C=O) groups is 2. The molecule has 0 unspecified atom stereocenters. The highest BCUT2D eigenvalue weighted by Crippen LogP contribution is 2.38. The van der Waals surface area contributed by atoms with Crippen LogP contribution in [0.4, 0.5) is 5.88 Å². The number of hydrogen-bond donors (Lipinski definition) is 1. The molecule has 29 heavy (non-hydrogen) atoms. The summed E-state index contributed by atoms with van der Waals surface area (Å²) < 4.78 is 15.4. The molecule has 0 spiro atoms. The molecule has 0 fully saturated rings. The van der Waals surface area contributed by atoms with Gasteiger partial charge in [-0.25, -0.2) is 4.79 Å². The number of methoxy groups -OCH3 is 1. The number of aromatic nitrogens is 1. The zero-order valence-electron chi connectivity index (χ0n) is 15.5. The third-order valence-corrected chi connectivity index (χ3v) is 4.52. The molecular weight excluding hydrogens is 419 g/mol. The molecule has 7 nitrogen and oxygen atoms in total. The number of rotatable bonds is 6. The van der Waals surface area contributed by atoms with Gasteiger partial charge in [0.2, 0.25) is 5.88 Å². The number of ether oxygens (including phenoxy) is 2. The Balaban J connectivity index is 1.85. The van der Waals surface area contributed by atoms with Crippen LogP contribution in [0.3, 0.4) is 0 Å². The number of aryl methyl sites for hydroxylation is 1. The highest BCUT2D eigenvalue weighted by Gasteiger charge is 2.28. The molecule has 2 aromatic carbocycles. The minimum atomic E-state index is -0.771. The van der Waals surface area contributed by atoms with Crippen LogP contribution in [0.15, 0.2) is 47.0 Å². The van der Waals surface area contributed by atoms with Crippen LogP contribution in [0.1, 0.15) is 15.9 Å². The molecule has 0 aliphatic heterocycles.